The lowest BCUT2D eigenvalue weighted by Crippen LogP contribution is -2.07. The third kappa shape index (κ3) is 9.19. The second-order valence-electron chi connectivity index (χ2n) is 4.13. The zero-order valence-corrected chi connectivity index (χ0v) is 15.1. The molecule has 4 N–H and O–H groups in total. The summed E-state index contributed by atoms with van der Waals surface area (Å²) in [4.78, 5) is 8.36. The quantitative estimate of drug-likeness (QED) is 0.280. The predicted molar refractivity (Wildman–Crippen MR) is 101 cm³/mol. The summed E-state index contributed by atoms with van der Waals surface area (Å²) < 4.78 is 19.0. The van der Waals surface area contributed by atoms with E-state index in [2.05, 4.69) is 17.9 Å². The van der Waals surface area contributed by atoms with Crippen molar-refractivity contribution in [1.29, 1.82) is 0 Å². The Labute approximate surface area is 150 Å². The molecule has 0 saturated carbocycles. The van der Waals surface area contributed by atoms with Crippen molar-refractivity contribution in [3.63, 3.8) is 0 Å². The van der Waals surface area contributed by atoms with Crippen LogP contribution in [0.1, 0.15) is 12.5 Å². The van der Waals surface area contributed by atoms with Gasteiger partial charge in [0.05, 0.1) is 15.6 Å². The van der Waals surface area contributed by atoms with Gasteiger partial charge in [0.2, 0.25) is 0 Å². The normalized spacial score (nSPS) is 9.50. The van der Waals surface area contributed by atoms with Gasteiger partial charge in [0.15, 0.2) is 0 Å². The van der Waals surface area contributed by atoms with Crippen LogP contribution in [0.3, 0.4) is 0 Å². The lowest BCUT2D eigenvalue weighted by Gasteiger charge is -2.12. The largest absolute Gasteiger partial charge is 0.483 e. The Morgan fingerprint density at radius 2 is 2.17 bits per heavy atom. The van der Waals surface area contributed by atoms with Gasteiger partial charge in [-0.15, -0.1) is 24.0 Å². The van der Waals surface area contributed by atoms with E-state index in [9.17, 15) is 4.39 Å². The van der Waals surface area contributed by atoms with Crippen LogP contribution >= 0.6 is 24.0 Å². The van der Waals surface area contributed by atoms with E-state index in [0.717, 1.165) is 4.21 Å². The van der Waals surface area contributed by atoms with Gasteiger partial charge >= 0.3 is 0 Å². The summed E-state index contributed by atoms with van der Waals surface area (Å²) in [6.07, 6.45) is 3.61. The first-order chi connectivity index (χ1) is 11.5. The van der Waals surface area contributed by atoms with Crippen LogP contribution in [-0.4, -0.2) is 25.4 Å². The number of halogens is 1. The summed E-state index contributed by atoms with van der Waals surface area (Å²) in [7, 11) is 1.57. The third-order valence-electron chi connectivity index (χ3n) is 2.41. The standard InChI is InChI=1S/C11H15FN2O.C4H4S2.CH2O2/c1-3-4-8-5-9(12)6-10(13)11(8)14-7-15-2;5-4-2-1-3-6-4;2-1-3/h3-6,14H,7,13H2,1-2H3;1-3,5H;1H,(H,2,3)/b4-3+;;. The Balaban J connectivity index is 0.000000482. The fraction of sp³-hybridized carbons (Fsp3) is 0.188. The van der Waals surface area contributed by atoms with Crippen LogP contribution in [0, 0.1) is 5.82 Å². The number of carboxylic acid groups (broad SMARTS) is 1. The Hall–Kier alpha value is -2.03. The molecule has 0 aliphatic heterocycles. The number of hydrogen-bond acceptors (Lipinski definition) is 6. The fourth-order valence-corrected chi connectivity index (χ4v) is 2.30. The number of rotatable bonds is 4. The lowest BCUT2D eigenvalue weighted by atomic mass is 10.1. The van der Waals surface area contributed by atoms with Crippen LogP contribution in [0.25, 0.3) is 6.08 Å². The van der Waals surface area contributed by atoms with E-state index in [4.69, 9.17) is 20.4 Å². The van der Waals surface area contributed by atoms with Gasteiger partial charge in [-0.1, -0.05) is 18.2 Å². The van der Waals surface area contributed by atoms with Crippen molar-refractivity contribution in [1.82, 2.24) is 0 Å². The highest BCUT2D eigenvalue weighted by Gasteiger charge is 2.06. The van der Waals surface area contributed by atoms with E-state index in [1.165, 1.54) is 12.1 Å². The van der Waals surface area contributed by atoms with Gasteiger partial charge in [0.1, 0.15) is 12.5 Å². The summed E-state index contributed by atoms with van der Waals surface area (Å²) in [6, 6.07) is 6.65. The number of allylic oxidation sites excluding steroid dienone is 1. The molecule has 0 aliphatic rings. The minimum Gasteiger partial charge on any atom is -0.483 e. The topological polar surface area (TPSA) is 84.6 Å². The van der Waals surface area contributed by atoms with Gasteiger partial charge in [-0.25, -0.2) is 4.39 Å². The van der Waals surface area contributed by atoms with Crippen LogP contribution in [0.2, 0.25) is 0 Å². The van der Waals surface area contributed by atoms with Crippen LogP contribution in [0.4, 0.5) is 15.8 Å². The second kappa shape index (κ2) is 13.4. The lowest BCUT2D eigenvalue weighted by molar-refractivity contribution is -0.122. The zero-order valence-electron chi connectivity index (χ0n) is 13.4. The molecule has 0 unspecified atom stereocenters. The highest BCUT2D eigenvalue weighted by Crippen LogP contribution is 2.26. The number of nitrogen functional groups attached to an aromatic ring is 1. The molecule has 1 aromatic heterocycles. The highest BCUT2D eigenvalue weighted by molar-refractivity contribution is 7.82. The van der Waals surface area contributed by atoms with Crippen molar-refractivity contribution in [3.8, 4) is 0 Å². The SMILES string of the molecule is C/C=C/c1cc(F)cc(N)c1NCOC.O=CO.Sc1cccs1. The molecule has 24 heavy (non-hydrogen) atoms. The molecule has 1 aromatic carbocycles. The summed E-state index contributed by atoms with van der Waals surface area (Å²) in [5.41, 5.74) is 7.48. The van der Waals surface area contributed by atoms with Gasteiger partial charge < -0.3 is 20.9 Å². The van der Waals surface area contributed by atoms with Crippen molar-refractivity contribution in [2.45, 2.75) is 11.1 Å². The van der Waals surface area contributed by atoms with Crippen molar-refractivity contribution < 1.29 is 19.0 Å². The van der Waals surface area contributed by atoms with Crippen LogP contribution in [0.15, 0.2) is 39.9 Å². The smallest absolute Gasteiger partial charge is 0.290 e. The number of ether oxygens (including phenoxy) is 1. The molecule has 0 bridgehead atoms. The molecule has 0 fully saturated rings. The van der Waals surface area contributed by atoms with Crippen molar-refractivity contribution in [2.24, 2.45) is 0 Å². The maximum atomic E-state index is 13.1. The minimum absolute atomic E-state index is 0.250. The van der Waals surface area contributed by atoms with Crippen molar-refractivity contribution >= 4 is 47.9 Å². The number of thiol groups is 1. The first kappa shape index (κ1) is 22.0. The molecule has 8 heteroatoms. The first-order valence-corrected chi connectivity index (χ1v) is 8.07. The van der Waals surface area contributed by atoms with E-state index >= 15 is 0 Å². The van der Waals surface area contributed by atoms with Gasteiger partial charge in [-0.3, -0.25) is 4.79 Å². The number of carbonyl (C=O) groups is 1. The van der Waals surface area contributed by atoms with Crippen molar-refractivity contribution in [2.75, 3.05) is 24.9 Å². The Morgan fingerprint density at radius 3 is 2.58 bits per heavy atom. The summed E-state index contributed by atoms with van der Waals surface area (Å²) in [5, 5.41) is 11.9. The Kier molecular flexibility index (Phi) is 12.3. The molecule has 2 rings (SSSR count). The fourth-order valence-electron chi connectivity index (χ4n) is 1.58. The number of anilines is 2. The first-order valence-electron chi connectivity index (χ1n) is 6.74. The zero-order chi connectivity index (χ0) is 18.4. The average molecular weight is 372 g/mol. The molecule has 132 valence electrons. The van der Waals surface area contributed by atoms with Gasteiger partial charge in [-0.05, 0) is 30.5 Å². The van der Waals surface area contributed by atoms with E-state index in [-0.39, 0.29) is 12.3 Å². The van der Waals surface area contributed by atoms with E-state index in [0.29, 0.717) is 23.7 Å². The number of nitrogens with one attached hydrogen (secondary N) is 1. The number of thiophene rings is 1. The molecular formula is C16H21FN2O3S2. The average Bonchev–Trinajstić information content (AvgIpc) is 2.99. The second-order valence-corrected chi connectivity index (χ2v) is 5.86. The molecule has 0 spiro atoms. The molecule has 0 amide bonds. The highest BCUT2D eigenvalue weighted by atomic mass is 32.2. The number of nitrogens with two attached hydrogens (primary N) is 1. The van der Waals surface area contributed by atoms with Gasteiger partial charge in [0.25, 0.3) is 6.47 Å². The predicted octanol–water partition coefficient (Wildman–Crippen LogP) is 4.19. The molecule has 5 nitrogen and oxygen atoms in total. The maximum Gasteiger partial charge on any atom is 0.290 e. The molecule has 1 heterocycles. The summed E-state index contributed by atoms with van der Waals surface area (Å²) >= 11 is 5.70. The summed E-state index contributed by atoms with van der Waals surface area (Å²) in [6.45, 7) is 1.95. The molecule has 0 radical (unpaired) electrons. The maximum absolute atomic E-state index is 13.1. The van der Waals surface area contributed by atoms with Gasteiger partial charge in [-0.2, -0.15) is 0 Å². The molecule has 0 atom stereocenters. The summed E-state index contributed by atoms with van der Waals surface area (Å²) in [5.74, 6) is -0.344. The van der Waals surface area contributed by atoms with Gasteiger partial charge in [0, 0.05) is 12.7 Å². The van der Waals surface area contributed by atoms with Crippen LogP contribution in [-0.2, 0) is 9.53 Å². The molecule has 0 aliphatic carbocycles. The number of hydrogen-bond donors (Lipinski definition) is 4. The van der Waals surface area contributed by atoms with Crippen molar-refractivity contribution in [3.05, 3.63) is 47.1 Å². The number of benzene rings is 1. The monoisotopic (exact) mass is 372 g/mol. The van der Waals surface area contributed by atoms with E-state index < -0.39 is 0 Å². The Morgan fingerprint density at radius 1 is 1.50 bits per heavy atom. The third-order valence-corrected chi connectivity index (χ3v) is 3.55. The number of methoxy groups -OCH3 is 1. The van der Waals surface area contributed by atoms with E-state index in [1.807, 2.05) is 30.5 Å². The molecule has 2 aromatic rings. The minimum atomic E-state index is -0.344. The van der Waals surface area contributed by atoms with Crippen LogP contribution < -0.4 is 11.1 Å². The van der Waals surface area contributed by atoms with E-state index in [1.54, 1.807) is 24.5 Å². The molecule has 0 saturated heterocycles. The van der Waals surface area contributed by atoms with Crippen LogP contribution in [0.5, 0.6) is 0 Å². The molecular weight excluding hydrogens is 351 g/mol. The Bertz CT molecular complexity index is 620.